The van der Waals surface area contributed by atoms with Gasteiger partial charge in [-0.05, 0) is 321 Å². The van der Waals surface area contributed by atoms with E-state index >= 15 is 0 Å². The van der Waals surface area contributed by atoms with Gasteiger partial charge in [0.1, 0.15) is 79.8 Å². The van der Waals surface area contributed by atoms with Crippen molar-refractivity contribution in [2.45, 2.75) is 10.8 Å². The number of benzene rings is 8. The van der Waals surface area contributed by atoms with Gasteiger partial charge in [-0.25, -0.2) is 29.9 Å². The molecule has 0 fully saturated rings. The molecule has 0 atom stereocenters. The predicted molar refractivity (Wildman–Crippen MR) is 445 cm³/mol. The largest absolute Gasteiger partial charge is 0.497 e. The van der Waals surface area contributed by atoms with Crippen LogP contribution in [0, 0.1) is 142 Å². The lowest BCUT2D eigenvalue weighted by molar-refractivity contribution is 0.414. The summed E-state index contributed by atoms with van der Waals surface area (Å²) < 4.78 is 11.5. The van der Waals surface area contributed by atoms with E-state index in [-0.39, 0.29) is 0 Å². The number of rotatable bonds is 4. The number of pyridine rings is 6. The van der Waals surface area contributed by atoms with Crippen LogP contribution in [0.1, 0.15) is 146 Å². The van der Waals surface area contributed by atoms with Gasteiger partial charge in [0.05, 0.1) is 25.0 Å². The topological polar surface area (TPSA) is 95.8 Å². The van der Waals surface area contributed by atoms with Crippen LogP contribution in [0.15, 0.2) is 303 Å². The molecule has 21 aliphatic rings. The van der Waals surface area contributed by atoms with Crippen LogP contribution in [0.4, 0.5) is 0 Å². The summed E-state index contributed by atoms with van der Waals surface area (Å²) in [5.41, 5.74) is 17.1. The molecular formula is C106H56N6O2. The van der Waals surface area contributed by atoms with E-state index in [4.69, 9.17) is 39.4 Å². The fourth-order valence-corrected chi connectivity index (χ4v) is 13.3. The van der Waals surface area contributed by atoms with E-state index in [0.29, 0.717) is 68.3 Å². The third-order valence-electron chi connectivity index (χ3n) is 18.8. The molecule has 114 heavy (non-hydrogen) atoms. The highest BCUT2D eigenvalue weighted by Crippen LogP contribution is 2.48. The maximum absolute atomic E-state index is 5.74. The Morgan fingerprint density at radius 1 is 0.167 bits per heavy atom. The van der Waals surface area contributed by atoms with Crippen molar-refractivity contribution in [3.8, 4) is 154 Å². The normalized spacial score (nSPS) is 13.6. The van der Waals surface area contributed by atoms with Crippen LogP contribution in [0.3, 0.4) is 0 Å². The van der Waals surface area contributed by atoms with Gasteiger partial charge in [-0.2, -0.15) is 0 Å². The second kappa shape index (κ2) is 33.4. The molecule has 0 amide bonds. The maximum atomic E-state index is 5.74. The standard InChI is InChI=1S/C106H56N6O2/c1-113-103-73-63-89(64-74-103)105-83-51-33-77(34-52-83)45-67-97-27-9-21-91(107-97)15-3-6-18-94-24-12-30-100(110-94)70-48-80-39-57-86(58-40-80)106(90-65-75-104(114-2)76-66-90,87-59-41-81(42-60-87)49-71-101-31-13-25-95(111-101)19-7-4-16-92-22-10-28-98(108-92)68-46-78-35-53-84(105)54-36-78)88-61-43-82(44-62-88)50-72-102-32-14-26-96(112-102)20-8-5-17-93-23-11-29-99(109-93)69-47-79-37-55-85(105)56-38-79/h9-14,21-44,51-66,73-76H,1-2H3. The number of methoxy groups -OCH3 is 2. The second-order valence-electron chi connectivity index (χ2n) is 25.9. The average molecular weight is 1450 g/mol. The van der Waals surface area contributed by atoms with Gasteiger partial charge in [-0.15, -0.1) is 0 Å². The first-order valence-electron chi connectivity index (χ1n) is 36.2. The molecule has 27 heterocycles. The van der Waals surface area contributed by atoms with Crippen LogP contribution < -0.4 is 9.47 Å². The van der Waals surface area contributed by atoms with Crippen molar-refractivity contribution in [1.29, 1.82) is 0 Å². The van der Waals surface area contributed by atoms with Crippen LogP contribution in [0.25, 0.3) is 0 Å². The molecule has 522 valence electrons. The van der Waals surface area contributed by atoms with Crippen LogP contribution in [0.2, 0.25) is 0 Å². The summed E-state index contributed by atoms with van der Waals surface area (Å²) in [5, 5.41) is 0. The molecule has 26 bridgehead atoms. The minimum Gasteiger partial charge on any atom is -0.497 e. The molecule has 0 radical (unpaired) electrons. The van der Waals surface area contributed by atoms with Gasteiger partial charge in [0, 0.05) is 33.4 Å². The molecule has 0 saturated carbocycles. The molecule has 14 aromatic rings. The van der Waals surface area contributed by atoms with E-state index in [2.05, 4.69) is 239 Å². The van der Waals surface area contributed by atoms with Crippen molar-refractivity contribution in [2.24, 2.45) is 0 Å². The van der Waals surface area contributed by atoms with E-state index in [1.807, 2.05) is 206 Å². The first-order chi connectivity index (χ1) is 56.3. The van der Waals surface area contributed by atoms with Crippen LogP contribution in [0.5, 0.6) is 11.5 Å². The third kappa shape index (κ3) is 16.4. The van der Waals surface area contributed by atoms with E-state index in [9.17, 15) is 0 Å². The Bertz CT molecular complexity index is 5940. The zero-order chi connectivity index (χ0) is 77.1. The average Bonchev–Trinajstić information content (AvgIpc) is 0.737. The highest BCUT2D eigenvalue weighted by molar-refractivity contribution is 5.66. The smallest absolute Gasteiger partial charge is 0.118 e. The van der Waals surface area contributed by atoms with Gasteiger partial charge in [0.15, 0.2) is 0 Å². The summed E-state index contributed by atoms with van der Waals surface area (Å²) in [5.74, 6) is 77.7. The zero-order valence-electron chi connectivity index (χ0n) is 61.4. The summed E-state index contributed by atoms with van der Waals surface area (Å²) >= 11 is 0. The lowest BCUT2D eigenvalue weighted by Gasteiger charge is -2.37. The minimum atomic E-state index is -0.907. The van der Waals surface area contributed by atoms with Crippen LogP contribution >= 0.6 is 0 Å². The number of hydrogen-bond donors (Lipinski definition) is 0. The van der Waals surface area contributed by atoms with Crippen molar-refractivity contribution < 1.29 is 9.47 Å². The summed E-state index contributed by atoms with van der Waals surface area (Å²) in [4.78, 5) is 28.7. The quantitative estimate of drug-likeness (QED) is 0.161. The predicted octanol–water partition coefficient (Wildman–Crippen LogP) is 16.1. The van der Waals surface area contributed by atoms with Crippen LogP contribution in [-0.2, 0) is 10.8 Å². The molecule has 0 unspecified atom stereocenters. The number of ether oxygens (including phenoxy) is 2. The van der Waals surface area contributed by atoms with Crippen molar-refractivity contribution >= 4 is 0 Å². The molecule has 8 nitrogen and oxygen atoms in total. The van der Waals surface area contributed by atoms with Crippen LogP contribution in [-0.4, -0.2) is 44.1 Å². The monoisotopic (exact) mass is 1440 g/mol. The van der Waals surface area contributed by atoms with Gasteiger partial charge >= 0.3 is 0 Å². The van der Waals surface area contributed by atoms with Gasteiger partial charge < -0.3 is 9.47 Å². The summed E-state index contributed by atoms with van der Waals surface area (Å²) in [6.45, 7) is 0. The Morgan fingerprint density at radius 2 is 0.307 bits per heavy atom. The minimum absolute atomic E-state index is 0.519. The second-order valence-corrected chi connectivity index (χ2v) is 25.9. The molecule has 8 aromatic carbocycles. The first-order valence-corrected chi connectivity index (χ1v) is 36.2. The highest BCUT2D eigenvalue weighted by atomic mass is 16.5. The van der Waals surface area contributed by atoms with Gasteiger partial charge in [-0.3, -0.25) is 0 Å². The molecule has 0 spiro atoms. The lowest BCUT2D eigenvalue weighted by Crippen LogP contribution is -2.31. The van der Waals surface area contributed by atoms with Crippen molar-refractivity contribution in [1.82, 2.24) is 29.9 Å². The molecule has 0 saturated heterocycles. The third-order valence-corrected chi connectivity index (χ3v) is 18.8. The van der Waals surface area contributed by atoms with Crippen molar-refractivity contribution in [2.75, 3.05) is 14.2 Å². The van der Waals surface area contributed by atoms with E-state index in [0.717, 1.165) is 89.4 Å². The lowest BCUT2D eigenvalue weighted by atomic mass is 9.65. The van der Waals surface area contributed by atoms with Gasteiger partial charge in [-0.1, -0.05) is 169 Å². The fourth-order valence-electron chi connectivity index (χ4n) is 13.3. The Hall–Kier alpha value is -17.0. The molecule has 6 aromatic heterocycles. The van der Waals surface area contributed by atoms with E-state index in [1.54, 1.807) is 14.2 Å². The highest BCUT2D eigenvalue weighted by Gasteiger charge is 2.40. The summed E-state index contributed by atoms with van der Waals surface area (Å²) in [7, 11) is 3.33. The summed E-state index contributed by atoms with van der Waals surface area (Å²) in [6, 6.07) is 99.8. The zero-order valence-corrected chi connectivity index (χ0v) is 61.4. The molecule has 35 rings (SSSR count). The number of nitrogens with zero attached hydrogens (tertiary/aromatic N) is 6. The van der Waals surface area contributed by atoms with Gasteiger partial charge in [0.2, 0.25) is 0 Å². The molecule has 21 aliphatic heterocycles. The number of aromatic nitrogens is 6. The Balaban J connectivity index is 0.853. The Labute approximate surface area is 663 Å². The SMILES string of the molecule is COc1ccc(C23c4ccc(cc4)C#Cc4cccc(n4)C#CC#Cc4cccc(n4)C#Cc4ccc(cc4)C(c4ccc(OC)cc4)(c4ccc(cc4)C#Cc4cccc(n4)C#CC#Cc4cccc(n4)C#Cc4ccc2cc4)c2ccc(cc2)C#Cc2cccc(n2)C#CC#Cc2cccc(n2)C#Cc2ccc3cc2)cc1. The molecule has 0 N–H and O–H groups in total. The summed E-state index contributed by atoms with van der Waals surface area (Å²) in [6.07, 6.45) is 0. The molecule has 0 aliphatic carbocycles. The Morgan fingerprint density at radius 3 is 0.456 bits per heavy atom. The maximum Gasteiger partial charge on any atom is 0.118 e. The van der Waals surface area contributed by atoms with Crippen molar-refractivity contribution in [3.63, 3.8) is 0 Å². The molecular weight excluding hydrogens is 1390 g/mol. The number of hydrogen-bond acceptors (Lipinski definition) is 8. The Kier molecular flexibility index (Phi) is 20.9. The van der Waals surface area contributed by atoms with E-state index < -0.39 is 10.8 Å². The first kappa shape index (κ1) is 71.2. The van der Waals surface area contributed by atoms with E-state index in [1.165, 1.54) is 0 Å². The molecule has 8 heteroatoms. The fraction of sp³-hybridized carbons (Fsp3) is 0.0377. The van der Waals surface area contributed by atoms with Crippen molar-refractivity contribution in [3.05, 3.63) is 450 Å². The van der Waals surface area contributed by atoms with Gasteiger partial charge in [0.25, 0.3) is 0 Å².